The Bertz CT molecular complexity index is 610. The Kier molecular flexibility index (Phi) is 4.06. The molecule has 1 unspecified atom stereocenters. The molecule has 0 amide bonds. The Morgan fingerprint density at radius 3 is 2.68 bits per heavy atom. The normalized spacial score (nSPS) is 12.7. The summed E-state index contributed by atoms with van der Waals surface area (Å²) in [4.78, 5) is 0. The largest absolute Gasteiger partial charge is 0.388 e. The SMILES string of the molecule is Cc1nn(C)c(C)c1C(O)Cc1cccc(F)c1Br. The second kappa shape index (κ2) is 5.43. The van der Waals surface area contributed by atoms with Crippen molar-refractivity contribution in [2.75, 3.05) is 0 Å². The van der Waals surface area contributed by atoms with E-state index in [1.165, 1.54) is 6.07 Å². The quantitative estimate of drug-likeness (QED) is 0.940. The minimum absolute atomic E-state index is 0.315. The van der Waals surface area contributed by atoms with Crippen molar-refractivity contribution in [3.05, 3.63) is 51.0 Å². The van der Waals surface area contributed by atoms with Gasteiger partial charge in [0.25, 0.3) is 0 Å². The van der Waals surface area contributed by atoms with Gasteiger partial charge in [0, 0.05) is 24.7 Å². The number of hydrogen-bond donors (Lipinski definition) is 1. The molecule has 1 atom stereocenters. The van der Waals surface area contributed by atoms with Gasteiger partial charge in [0.1, 0.15) is 5.82 Å². The minimum Gasteiger partial charge on any atom is -0.388 e. The molecule has 0 aliphatic heterocycles. The second-order valence-corrected chi connectivity index (χ2v) is 5.43. The van der Waals surface area contributed by atoms with Gasteiger partial charge >= 0.3 is 0 Å². The molecule has 2 rings (SSSR count). The first kappa shape index (κ1) is 14.2. The molecule has 3 nitrogen and oxygen atoms in total. The highest BCUT2D eigenvalue weighted by molar-refractivity contribution is 9.10. The van der Waals surface area contributed by atoms with E-state index in [1.54, 1.807) is 16.8 Å². The lowest BCUT2D eigenvalue weighted by atomic mass is 10.00. The topological polar surface area (TPSA) is 38.0 Å². The van der Waals surface area contributed by atoms with Crippen LogP contribution in [0.3, 0.4) is 0 Å². The predicted octanol–water partition coefficient (Wildman–Crippen LogP) is 3.21. The lowest BCUT2D eigenvalue weighted by Gasteiger charge is -2.13. The van der Waals surface area contributed by atoms with Gasteiger partial charge in [-0.25, -0.2) is 4.39 Å². The van der Waals surface area contributed by atoms with Gasteiger partial charge in [0.05, 0.1) is 16.3 Å². The molecule has 2 aromatic rings. The molecule has 5 heteroatoms. The number of benzene rings is 1. The molecule has 0 spiro atoms. The average molecular weight is 327 g/mol. The number of hydrogen-bond acceptors (Lipinski definition) is 2. The molecular weight excluding hydrogens is 311 g/mol. The fourth-order valence-electron chi connectivity index (χ4n) is 2.29. The average Bonchev–Trinajstić information content (AvgIpc) is 2.59. The summed E-state index contributed by atoms with van der Waals surface area (Å²) >= 11 is 3.22. The summed E-state index contributed by atoms with van der Waals surface area (Å²) < 4.78 is 15.6. The van der Waals surface area contributed by atoms with E-state index in [1.807, 2.05) is 20.9 Å². The van der Waals surface area contributed by atoms with Crippen LogP contribution in [-0.4, -0.2) is 14.9 Å². The van der Waals surface area contributed by atoms with Crippen molar-refractivity contribution in [3.8, 4) is 0 Å². The molecule has 0 radical (unpaired) electrons. The van der Waals surface area contributed by atoms with E-state index in [-0.39, 0.29) is 5.82 Å². The first-order chi connectivity index (χ1) is 8.91. The van der Waals surface area contributed by atoms with Crippen molar-refractivity contribution in [3.63, 3.8) is 0 Å². The van der Waals surface area contributed by atoms with E-state index >= 15 is 0 Å². The Morgan fingerprint density at radius 2 is 2.11 bits per heavy atom. The Balaban J connectivity index is 2.31. The summed E-state index contributed by atoms with van der Waals surface area (Å²) in [6.45, 7) is 3.78. The molecule has 0 aliphatic carbocycles. The van der Waals surface area contributed by atoms with Crippen molar-refractivity contribution in [2.45, 2.75) is 26.4 Å². The van der Waals surface area contributed by atoms with Gasteiger partial charge in [0.2, 0.25) is 0 Å². The lowest BCUT2D eigenvalue weighted by Crippen LogP contribution is -2.06. The molecule has 1 heterocycles. The van der Waals surface area contributed by atoms with Crippen LogP contribution >= 0.6 is 15.9 Å². The molecular formula is C14H16BrFN2O. The zero-order valence-corrected chi connectivity index (χ0v) is 12.7. The zero-order chi connectivity index (χ0) is 14.2. The second-order valence-electron chi connectivity index (χ2n) is 4.64. The van der Waals surface area contributed by atoms with Gasteiger partial charge in [-0.2, -0.15) is 5.10 Å². The standard InChI is InChI=1S/C14H16BrFN2O/c1-8-13(9(2)18(3)17-8)12(19)7-10-5-4-6-11(16)14(10)15/h4-6,12,19H,7H2,1-3H3. The van der Waals surface area contributed by atoms with Crippen LogP contribution in [0.2, 0.25) is 0 Å². The van der Waals surface area contributed by atoms with Crippen LogP contribution in [0.25, 0.3) is 0 Å². The summed E-state index contributed by atoms with van der Waals surface area (Å²) in [5.74, 6) is -0.315. The third-order valence-electron chi connectivity index (χ3n) is 3.34. The number of halogens is 2. The van der Waals surface area contributed by atoms with E-state index in [0.717, 1.165) is 22.5 Å². The van der Waals surface area contributed by atoms with Crippen molar-refractivity contribution in [1.29, 1.82) is 0 Å². The van der Waals surface area contributed by atoms with Gasteiger partial charge in [-0.05, 0) is 41.4 Å². The molecule has 0 saturated heterocycles. The monoisotopic (exact) mass is 326 g/mol. The molecule has 0 saturated carbocycles. The zero-order valence-electron chi connectivity index (χ0n) is 11.1. The Labute approximate surface area is 120 Å². The summed E-state index contributed by atoms with van der Waals surface area (Å²) in [5, 5.41) is 14.7. The first-order valence-corrected chi connectivity index (χ1v) is 6.82. The molecule has 1 N–H and O–H groups in total. The fourth-order valence-corrected chi connectivity index (χ4v) is 2.71. The molecule has 0 aliphatic rings. The van der Waals surface area contributed by atoms with Crippen molar-refractivity contribution < 1.29 is 9.50 Å². The number of aryl methyl sites for hydroxylation is 2. The highest BCUT2D eigenvalue weighted by atomic mass is 79.9. The smallest absolute Gasteiger partial charge is 0.137 e. The number of nitrogens with zero attached hydrogens (tertiary/aromatic N) is 2. The van der Waals surface area contributed by atoms with Crippen LogP contribution in [-0.2, 0) is 13.5 Å². The summed E-state index contributed by atoms with van der Waals surface area (Å²) in [5.41, 5.74) is 3.30. The van der Waals surface area contributed by atoms with Gasteiger partial charge in [-0.1, -0.05) is 12.1 Å². The summed E-state index contributed by atoms with van der Waals surface area (Å²) in [7, 11) is 1.84. The number of aliphatic hydroxyl groups excluding tert-OH is 1. The van der Waals surface area contributed by atoms with Gasteiger partial charge in [-0.3, -0.25) is 4.68 Å². The van der Waals surface area contributed by atoms with E-state index in [2.05, 4.69) is 21.0 Å². The van der Waals surface area contributed by atoms with E-state index in [4.69, 9.17) is 0 Å². The van der Waals surface area contributed by atoms with Gasteiger partial charge in [-0.15, -0.1) is 0 Å². The van der Waals surface area contributed by atoms with Crippen LogP contribution in [0.5, 0.6) is 0 Å². The Morgan fingerprint density at radius 1 is 1.42 bits per heavy atom. The van der Waals surface area contributed by atoms with Gasteiger partial charge in [0.15, 0.2) is 0 Å². The summed E-state index contributed by atoms with van der Waals surface area (Å²) in [6.07, 6.45) is -0.335. The van der Waals surface area contributed by atoms with Crippen LogP contribution in [0.1, 0.15) is 28.6 Å². The maximum absolute atomic E-state index is 13.4. The van der Waals surface area contributed by atoms with Crippen LogP contribution < -0.4 is 0 Å². The van der Waals surface area contributed by atoms with Crippen LogP contribution in [0.15, 0.2) is 22.7 Å². The third kappa shape index (κ3) is 2.72. The minimum atomic E-state index is -0.688. The molecule has 1 aromatic carbocycles. The fraction of sp³-hybridized carbons (Fsp3) is 0.357. The molecule has 19 heavy (non-hydrogen) atoms. The van der Waals surface area contributed by atoms with E-state index in [9.17, 15) is 9.50 Å². The van der Waals surface area contributed by atoms with Crippen LogP contribution in [0.4, 0.5) is 4.39 Å². The predicted molar refractivity (Wildman–Crippen MR) is 75.4 cm³/mol. The summed E-state index contributed by atoms with van der Waals surface area (Å²) in [6, 6.07) is 4.84. The highest BCUT2D eigenvalue weighted by Gasteiger charge is 2.19. The molecule has 102 valence electrons. The maximum atomic E-state index is 13.4. The molecule has 0 bridgehead atoms. The van der Waals surface area contributed by atoms with E-state index < -0.39 is 6.10 Å². The van der Waals surface area contributed by atoms with E-state index in [0.29, 0.717) is 10.9 Å². The number of rotatable bonds is 3. The third-order valence-corrected chi connectivity index (χ3v) is 4.23. The lowest BCUT2D eigenvalue weighted by molar-refractivity contribution is 0.176. The molecule has 0 fully saturated rings. The van der Waals surface area contributed by atoms with Gasteiger partial charge < -0.3 is 5.11 Å². The van der Waals surface area contributed by atoms with Crippen molar-refractivity contribution >= 4 is 15.9 Å². The first-order valence-electron chi connectivity index (χ1n) is 6.03. The van der Waals surface area contributed by atoms with Crippen molar-refractivity contribution in [2.24, 2.45) is 7.05 Å². The Hall–Kier alpha value is -1.20. The maximum Gasteiger partial charge on any atom is 0.137 e. The number of aromatic nitrogens is 2. The highest BCUT2D eigenvalue weighted by Crippen LogP contribution is 2.28. The molecule has 1 aromatic heterocycles. The van der Waals surface area contributed by atoms with Crippen LogP contribution in [0, 0.1) is 19.7 Å². The number of aliphatic hydroxyl groups is 1. The van der Waals surface area contributed by atoms with Crippen molar-refractivity contribution in [1.82, 2.24) is 9.78 Å².